The molecule has 3 aromatic rings. The van der Waals surface area contributed by atoms with Gasteiger partial charge in [0.2, 0.25) is 5.43 Å². The fraction of sp³-hybridized carbons (Fsp3) is 0.381. The first-order valence-electron chi connectivity index (χ1n) is 9.59. The number of carboxylic acid groups (broad SMARTS) is 1. The number of nitrogens with zero attached hydrogens (tertiary/aromatic N) is 2. The predicted octanol–water partition coefficient (Wildman–Crippen LogP) is 4.26. The highest BCUT2D eigenvalue weighted by Crippen LogP contribution is 2.42. The molecule has 2 N–H and O–H groups in total. The normalized spacial score (nSPS) is 17.4. The van der Waals surface area contributed by atoms with Crippen LogP contribution in [0.15, 0.2) is 23.1 Å². The highest BCUT2D eigenvalue weighted by Gasteiger charge is 2.32. The Balaban J connectivity index is 0.00000218. The Bertz CT molecular complexity index is 1250. The maximum atomic E-state index is 15.1. The second-order valence-electron chi connectivity index (χ2n) is 8.46. The number of thiophene rings is 1. The minimum atomic E-state index is -1.31. The number of carboxylic acids is 1. The van der Waals surface area contributed by atoms with Crippen molar-refractivity contribution in [3.05, 3.63) is 50.4 Å². The van der Waals surface area contributed by atoms with Gasteiger partial charge in [0.1, 0.15) is 16.9 Å². The molecule has 1 fully saturated rings. The van der Waals surface area contributed by atoms with E-state index >= 15 is 4.39 Å². The van der Waals surface area contributed by atoms with Gasteiger partial charge in [-0.1, -0.05) is 13.8 Å². The number of pyridine rings is 2. The summed E-state index contributed by atoms with van der Waals surface area (Å²) in [6.07, 6.45) is 3.13. The van der Waals surface area contributed by atoms with Gasteiger partial charge in [-0.05, 0) is 30.5 Å². The zero-order valence-electron chi connectivity index (χ0n) is 16.5. The molecule has 0 amide bonds. The first kappa shape index (κ1) is 21.1. The summed E-state index contributed by atoms with van der Waals surface area (Å²) >= 11 is 1.54. The van der Waals surface area contributed by atoms with Crippen molar-refractivity contribution in [2.24, 2.45) is 0 Å². The zero-order chi connectivity index (χ0) is 20.5. The number of rotatable bonds is 3. The number of halogens is 2. The van der Waals surface area contributed by atoms with Crippen LogP contribution in [0.4, 0.5) is 4.39 Å². The molecule has 0 unspecified atom stereocenters. The quantitative estimate of drug-likeness (QED) is 0.569. The van der Waals surface area contributed by atoms with Crippen LogP contribution in [0, 0.1) is 5.82 Å². The van der Waals surface area contributed by atoms with Crippen LogP contribution in [-0.2, 0) is 12.0 Å². The van der Waals surface area contributed by atoms with Crippen LogP contribution in [0.25, 0.3) is 21.6 Å². The number of aromatic carboxylic acids is 1. The Morgan fingerprint density at radius 1 is 1.37 bits per heavy atom. The van der Waals surface area contributed by atoms with E-state index in [0.29, 0.717) is 5.65 Å². The Labute approximate surface area is 186 Å². The maximum Gasteiger partial charge on any atom is 0.341 e. The van der Waals surface area contributed by atoms with Crippen LogP contribution in [0.3, 0.4) is 0 Å². The predicted molar refractivity (Wildman–Crippen MR) is 120 cm³/mol. The van der Waals surface area contributed by atoms with Crippen LogP contribution in [0.2, 0.25) is 0 Å². The molecule has 0 saturated heterocycles. The third kappa shape index (κ3) is 3.29. The van der Waals surface area contributed by atoms with E-state index < -0.39 is 17.2 Å². The molecule has 0 spiro atoms. The van der Waals surface area contributed by atoms with Crippen LogP contribution >= 0.6 is 28.3 Å². The molecule has 6 nitrogen and oxygen atoms in total. The molecular weight excluding hydrogens is 473 g/mol. The third-order valence-electron chi connectivity index (χ3n) is 5.67. The first-order chi connectivity index (χ1) is 13.8. The smallest absolute Gasteiger partial charge is 0.341 e. The van der Waals surface area contributed by atoms with E-state index in [4.69, 9.17) is 0 Å². The van der Waals surface area contributed by atoms with Crippen LogP contribution in [0.1, 0.15) is 53.5 Å². The van der Waals surface area contributed by atoms with E-state index in [0.717, 1.165) is 42.4 Å². The second-order valence-corrected chi connectivity index (χ2v) is 9.51. The highest BCUT2D eigenvalue weighted by molar-refractivity contribution is 8.93. The number of nitrogens with one attached hydrogen (secondary N) is 1. The van der Waals surface area contributed by atoms with Crippen molar-refractivity contribution in [2.45, 2.75) is 44.7 Å². The lowest BCUT2D eigenvalue weighted by atomic mass is 9.86. The molecule has 9 heteroatoms. The van der Waals surface area contributed by atoms with Crippen molar-refractivity contribution in [3.63, 3.8) is 0 Å². The summed E-state index contributed by atoms with van der Waals surface area (Å²) in [5, 5.41) is 12.8. The summed E-state index contributed by atoms with van der Waals surface area (Å²) < 4.78 is 16.8. The molecule has 1 saturated carbocycles. The SMILES string of the molecule is Br.CC1(C)CNCc2cc(-c3nc4c(cc3F)c(=O)c(C(=O)O)cn4C3CC3)sc21. The monoisotopic (exact) mass is 493 g/mol. The number of aromatic nitrogens is 2. The van der Waals surface area contributed by atoms with Crippen LogP contribution in [0.5, 0.6) is 0 Å². The zero-order valence-corrected chi connectivity index (χ0v) is 19.0. The molecule has 0 bridgehead atoms. The molecule has 1 aliphatic heterocycles. The number of hydrogen-bond acceptors (Lipinski definition) is 5. The fourth-order valence-electron chi connectivity index (χ4n) is 4.04. The standard InChI is InChI=1S/C21H20FN3O3S.BrH/c1-21(2)9-23-7-10-5-15(29-18(10)21)16-14(22)6-12-17(26)13(20(27)28)8-25(11-3-4-11)19(12)24-16;/h5-6,8,11,23H,3-4,7,9H2,1-2H3,(H,27,28);1H. The van der Waals surface area contributed by atoms with Gasteiger partial charge in [-0.25, -0.2) is 14.2 Å². The second kappa shape index (κ2) is 7.25. The largest absolute Gasteiger partial charge is 0.477 e. The molecule has 158 valence electrons. The average Bonchev–Trinajstić information content (AvgIpc) is 3.40. The minimum absolute atomic E-state index is 0. The van der Waals surface area contributed by atoms with E-state index in [9.17, 15) is 14.7 Å². The third-order valence-corrected chi connectivity index (χ3v) is 7.22. The van der Waals surface area contributed by atoms with E-state index in [-0.39, 0.29) is 45.1 Å². The van der Waals surface area contributed by atoms with Gasteiger partial charge in [-0.3, -0.25) is 4.79 Å². The van der Waals surface area contributed by atoms with Crippen molar-refractivity contribution in [1.29, 1.82) is 0 Å². The highest BCUT2D eigenvalue weighted by atomic mass is 79.9. The van der Waals surface area contributed by atoms with E-state index in [1.54, 1.807) is 4.57 Å². The molecule has 5 rings (SSSR count). The van der Waals surface area contributed by atoms with Crippen molar-refractivity contribution in [1.82, 2.24) is 14.9 Å². The van der Waals surface area contributed by atoms with Crippen molar-refractivity contribution < 1.29 is 14.3 Å². The lowest BCUT2D eigenvalue weighted by Gasteiger charge is -2.30. The summed E-state index contributed by atoms with van der Waals surface area (Å²) in [5.41, 5.74) is 0.613. The lowest BCUT2D eigenvalue weighted by Crippen LogP contribution is -2.37. The van der Waals surface area contributed by atoms with E-state index in [2.05, 4.69) is 24.1 Å². The number of hydrogen-bond donors (Lipinski definition) is 2. The van der Waals surface area contributed by atoms with Crippen molar-refractivity contribution in [2.75, 3.05) is 6.54 Å². The Morgan fingerprint density at radius 2 is 2.10 bits per heavy atom. The summed E-state index contributed by atoms with van der Waals surface area (Å²) in [6.45, 7) is 5.90. The van der Waals surface area contributed by atoms with Crippen molar-refractivity contribution >= 4 is 45.3 Å². The number of fused-ring (bicyclic) bond motifs is 2. The maximum absolute atomic E-state index is 15.1. The summed E-state index contributed by atoms with van der Waals surface area (Å²) in [6, 6.07) is 3.21. The summed E-state index contributed by atoms with van der Waals surface area (Å²) in [7, 11) is 0. The van der Waals surface area contributed by atoms with Gasteiger partial charge in [0, 0.05) is 35.6 Å². The average molecular weight is 494 g/mol. The summed E-state index contributed by atoms with van der Waals surface area (Å²) in [4.78, 5) is 30.6. The topological polar surface area (TPSA) is 84.2 Å². The molecule has 0 radical (unpaired) electrons. The first-order valence-corrected chi connectivity index (χ1v) is 10.4. The molecule has 0 aromatic carbocycles. The molecule has 30 heavy (non-hydrogen) atoms. The molecule has 1 aliphatic carbocycles. The molecule has 4 heterocycles. The Kier molecular flexibility index (Phi) is 5.11. The molecule has 2 aliphatic rings. The number of carbonyl (C=O) groups is 1. The van der Waals surface area contributed by atoms with Gasteiger partial charge in [-0.15, -0.1) is 28.3 Å². The molecule has 3 aromatic heterocycles. The van der Waals surface area contributed by atoms with Gasteiger partial charge in [-0.2, -0.15) is 0 Å². The molecular formula is C21H21BrFN3O3S. The Hall–Kier alpha value is -2.10. The van der Waals surface area contributed by atoms with Gasteiger partial charge in [0.05, 0.1) is 10.3 Å². The van der Waals surface area contributed by atoms with Gasteiger partial charge < -0.3 is 15.0 Å². The van der Waals surface area contributed by atoms with Gasteiger partial charge in [0.15, 0.2) is 5.82 Å². The van der Waals surface area contributed by atoms with Gasteiger partial charge >= 0.3 is 5.97 Å². The Morgan fingerprint density at radius 3 is 2.73 bits per heavy atom. The van der Waals surface area contributed by atoms with Crippen LogP contribution < -0.4 is 10.7 Å². The van der Waals surface area contributed by atoms with E-state index in [1.165, 1.54) is 22.4 Å². The van der Waals surface area contributed by atoms with Crippen molar-refractivity contribution in [3.8, 4) is 10.6 Å². The van der Waals surface area contributed by atoms with Crippen LogP contribution in [-0.4, -0.2) is 27.2 Å². The van der Waals surface area contributed by atoms with Gasteiger partial charge in [0.25, 0.3) is 0 Å². The fourth-order valence-corrected chi connectivity index (χ4v) is 5.31. The molecule has 0 atom stereocenters. The summed E-state index contributed by atoms with van der Waals surface area (Å²) in [5.74, 6) is -1.92. The van der Waals surface area contributed by atoms with E-state index in [1.807, 2.05) is 6.07 Å². The lowest BCUT2D eigenvalue weighted by molar-refractivity contribution is 0.0695. The minimum Gasteiger partial charge on any atom is -0.477 e.